The highest BCUT2D eigenvalue weighted by atomic mass is 28.4. The zero-order valence-electron chi connectivity index (χ0n) is 25.8. The van der Waals surface area contributed by atoms with Crippen LogP contribution in [0.25, 0.3) is 0 Å². The van der Waals surface area contributed by atoms with Crippen molar-refractivity contribution in [1.29, 1.82) is 0 Å². The van der Waals surface area contributed by atoms with E-state index in [0.29, 0.717) is 119 Å². The molecule has 0 heterocycles. The quantitative estimate of drug-likeness (QED) is 0.0684. The van der Waals surface area contributed by atoms with Gasteiger partial charge in [0.15, 0.2) is 8.32 Å². The highest BCUT2D eigenvalue weighted by Crippen LogP contribution is 2.06. The molecule has 0 aliphatic rings. The average Bonchev–Trinajstić information content (AvgIpc) is 2.86. The highest BCUT2D eigenvalue weighted by Gasteiger charge is 2.16. The minimum absolute atomic E-state index is 0.0791. The number of esters is 1. The van der Waals surface area contributed by atoms with Gasteiger partial charge in [-0.1, -0.05) is 0 Å². The van der Waals surface area contributed by atoms with Crippen LogP contribution in [-0.2, 0) is 56.6 Å². The first-order valence-electron chi connectivity index (χ1n) is 14.2. The number of hydrogen-bond donors (Lipinski definition) is 0. The van der Waals surface area contributed by atoms with E-state index in [-0.39, 0.29) is 12.6 Å². The smallest absolute Gasteiger partial charge is 0.332 e. The number of carbonyl (C=O) groups excluding carboxylic acids is 1. The van der Waals surface area contributed by atoms with Crippen LogP contribution in [0.1, 0.15) is 20.8 Å². The maximum absolute atomic E-state index is 11.5. The Balaban J connectivity index is 3.12. The molecular weight excluding hydrogens is 544 g/mol. The van der Waals surface area contributed by atoms with E-state index in [1.807, 2.05) is 20.8 Å². The van der Waals surface area contributed by atoms with Gasteiger partial charge in [0, 0.05) is 0 Å². The molecule has 0 aromatic carbocycles. The average molecular weight is 601 g/mol. The van der Waals surface area contributed by atoms with Crippen molar-refractivity contribution in [3.05, 3.63) is 0 Å². The normalized spacial score (nSPS) is 12.2. The molecule has 0 saturated heterocycles. The predicted octanol–water partition coefficient (Wildman–Crippen LogP) is 2.33. The van der Waals surface area contributed by atoms with E-state index in [9.17, 15) is 4.79 Å². The van der Waals surface area contributed by atoms with Crippen molar-refractivity contribution in [2.75, 3.05) is 126 Å². The minimum Gasteiger partial charge on any atom is -0.458 e. The van der Waals surface area contributed by atoms with Crippen molar-refractivity contribution >= 4 is 14.3 Å². The minimum atomic E-state index is -1.45. The van der Waals surface area contributed by atoms with E-state index < -0.39 is 13.9 Å². The zero-order valence-corrected chi connectivity index (χ0v) is 26.8. The SMILES string of the molecule is CC(C)(C)OC(=O)COCCOCCOCCOCCOCCOCCOCCOCCOCCO[Si](C)(C)C. The lowest BCUT2D eigenvalue weighted by molar-refractivity contribution is -0.160. The number of ether oxygens (including phenoxy) is 10. The van der Waals surface area contributed by atoms with Crippen LogP contribution in [0, 0.1) is 0 Å². The van der Waals surface area contributed by atoms with Gasteiger partial charge in [-0.05, 0) is 40.4 Å². The molecule has 0 aliphatic carbocycles. The summed E-state index contributed by atoms with van der Waals surface area (Å²) in [6.07, 6.45) is 0. The van der Waals surface area contributed by atoms with Gasteiger partial charge in [-0.3, -0.25) is 0 Å². The fourth-order valence-electron chi connectivity index (χ4n) is 2.69. The Labute approximate surface area is 242 Å². The first kappa shape index (κ1) is 39.3. The second kappa shape index (κ2) is 27.1. The maximum Gasteiger partial charge on any atom is 0.332 e. The summed E-state index contributed by atoms with van der Waals surface area (Å²) >= 11 is 0. The monoisotopic (exact) mass is 600 g/mol. The van der Waals surface area contributed by atoms with Crippen LogP contribution >= 0.6 is 0 Å². The van der Waals surface area contributed by atoms with Gasteiger partial charge < -0.3 is 51.8 Å². The summed E-state index contributed by atoms with van der Waals surface area (Å²) in [4.78, 5) is 11.5. The van der Waals surface area contributed by atoms with Gasteiger partial charge in [-0.2, -0.15) is 0 Å². The molecule has 0 unspecified atom stereocenters. The van der Waals surface area contributed by atoms with Gasteiger partial charge in [-0.15, -0.1) is 0 Å². The third kappa shape index (κ3) is 35.3. The summed E-state index contributed by atoms with van der Waals surface area (Å²) in [6, 6.07) is 0. The van der Waals surface area contributed by atoms with Crippen LogP contribution in [0.3, 0.4) is 0 Å². The number of carbonyl (C=O) groups is 1. The lowest BCUT2D eigenvalue weighted by atomic mass is 10.2. The van der Waals surface area contributed by atoms with Crippen LogP contribution in [0.15, 0.2) is 0 Å². The Kier molecular flexibility index (Phi) is 26.7. The molecule has 40 heavy (non-hydrogen) atoms. The molecule has 12 nitrogen and oxygen atoms in total. The second-order valence-electron chi connectivity index (χ2n) is 10.5. The van der Waals surface area contributed by atoms with Gasteiger partial charge >= 0.3 is 5.97 Å². The molecule has 0 rings (SSSR count). The molecule has 0 aromatic rings. The molecule has 13 heteroatoms. The Hall–Kier alpha value is -0.713. The summed E-state index contributed by atoms with van der Waals surface area (Å²) < 4.78 is 59.6. The summed E-state index contributed by atoms with van der Waals surface area (Å²) in [5, 5.41) is 0. The standard InChI is InChI=1S/C27H56O12Si/c1-27(2,3)39-26(28)25-37-22-21-35-18-17-33-14-13-31-10-9-29-7-8-30-11-12-32-15-16-34-19-20-36-23-24-38-40(4,5)6/h7-25H2,1-6H3. The molecule has 0 atom stereocenters. The predicted molar refractivity (Wildman–Crippen MR) is 153 cm³/mol. The zero-order chi connectivity index (χ0) is 29.8. The fourth-order valence-corrected chi connectivity index (χ4v) is 3.39. The summed E-state index contributed by atoms with van der Waals surface area (Å²) in [5.74, 6) is -0.384. The van der Waals surface area contributed by atoms with Crippen LogP contribution in [0.5, 0.6) is 0 Å². The van der Waals surface area contributed by atoms with Gasteiger partial charge in [-0.25, -0.2) is 4.79 Å². The molecule has 240 valence electrons. The molecular formula is C27H56O12Si. The fraction of sp³-hybridized carbons (Fsp3) is 0.963. The van der Waals surface area contributed by atoms with Gasteiger partial charge in [0.05, 0.1) is 119 Å². The third-order valence-electron chi connectivity index (χ3n) is 4.38. The van der Waals surface area contributed by atoms with E-state index in [0.717, 1.165) is 0 Å². The molecule has 0 fully saturated rings. The summed E-state index contributed by atoms with van der Waals surface area (Å²) in [6.45, 7) is 20.9. The Morgan fingerprint density at radius 2 is 0.700 bits per heavy atom. The molecule has 0 radical (unpaired) electrons. The molecule has 0 aliphatic heterocycles. The van der Waals surface area contributed by atoms with Crippen molar-refractivity contribution < 1.29 is 56.6 Å². The van der Waals surface area contributed by atoms with E-state index in [1.54, 1.807) is 0 Å². The van der Waals surface area contributed by atoms with E-state index >= 15 is 0 Å². The summed E-state index contributed by atoms with van der Waals surface area (Å²) in [7, 11) is -1.45. The molecule has 0 amide bonds. The lowest BCUT2D eigenvalue weighted by Gasteiger charge is -2.19. The first-order chi connectivity index (χ1) is 19.1. The lowest BCUT2D eigenvalue weighted by Crippen LogP contribution is -2.27. The van der Waals surface area contributed by atoms with Gasteiger partial charge in [0.1, 0.15) is 12.2 Å². The first-order valence-corrected chi connectivity index (χ1v) is 17.6. The largest absolute Gasteiger partial charge is 0.458 e. The molecule has 0 aromatic heterocycles. The van der Waals surface area contributed by atoms with Gasteiger partial charge in [0.25, 0.3) is 0 Å². The molecule has 0 N–H and O–H groups in total. The van der Waals surface area contributed by atoms with Crippen molar-refractivity contribution in [2.24, 2.45) is 0 Å². The van der Waals surface area contributed by atoms with E-state index in [4.69, 9.17) is 51.8 Å². The molecule has 0 saturated carbocycles. The Morgan fingerprint density at radius 1 is 0.450 bits per heavy atom. The van der Waals surface area contributed by atoms with Gasteiger partial charge in [0.2, 0.25) is 0 Å². The Bertz CT molecular complexity index is 555. The van der Waals surface area contributed by atoms with Crippen molar-refractivity contribution in [3.63, 3.8) is 0 Å². The van der Waals surface area contributed by atoms with Crippen molar-refractivity contribution in [2.45, 2.75) is 46.0 Å². The van der Waals surface area contributed by atoms with E-state index in [2.05, 4.69) is 19.6 Å². The van der Waals surface area contributed by atoms with Crippen molar-refractivity contribution in [1.82, 2.24) is 0 Å². The maximum atomic E-state index is 11.5. The summed E-state index contributed by atoms with van der Waals surface area (Å²) in [5.41, 5.74) is -0.506. The van der Waals surface area contributed by atoms with Crippen LogP contribution in [0.2, 0.25) is 19.6 Å². The number of rotatable bonds is 30. The third-order valence-corrected chi connectivity index (χ3v) is 5.45. The molecule has 0 bridgehead atoms. The highest BCUT2D eigenvalue weighted by molar-refractivity contribution is 6.69. The van der Waals surface area contributed by atoms with E-state index in [1.165, 1.54) is 0 Å². The van der Waals surface area contributed by atoms with Crippen LogP contribution < -0.4 is 0 Å². The topological polar surface area (TPSA) is 119 Å². The van der Waals surface area contributed by atoms with Crippen LogP contribution in [0.4, 0.5) is 0 Å². The second-order valence-corrected chi connectivity index (χ2v) is 15.0. The Morgan fingerprint density at radius 3 is 0.950 bits per heavy atom. The van der Waals surface area contributed by atoms with Crippen LogP contribution in [-0.4, -0.2) is 145 Å². The van der Waals surface area contributed by atoms with Crippen molar-refractivity contribution in [3.8, 4) is 0 Å². The molecule has 0 spiro atoms. The number of hydrogen-bond acceptors (Lipinski definition) is 12.